The van der Waals surface area contributed by atoms with Gasteiger partial charge in [-0.2, -0.15) is 0 Å². The zero-order chi connectivity index (χ0) is 85.2. The molecule has 0 bridgehead atoms. The first kappa shape index (κ1) is 76.1. The molecule has 0 fully saturated rings. The first-order valence-electron chi connectivity index (χ1n) is 43.5. The van der Waals surface area contributed by atoms with Crippen LogP contribution >= 0.6 is 0 Å². The Morgan fingerprint density at radius 1 is 0.211 bits per heavy atom. The molecule has 2 aliphatic rings. The Labute approximate surface area is 742 Å². The Hall–Kier alpha value is -16.8. The number of rotatable bonds is 14. The molecule has 22 aromatic rings. The predicted octanol–water partition coefficient (Wildman–Crippen LogP) is 30.0. The SMILES string of the molecule is CC1(C)c2ccc(-c3ccccc3)cc2N(c2ccc(-c3nc(-c4ccccc4)nc(-c4ccccc4)n3)cc2)c2cc(-c3ccccc3)ccc21.c1ccc(-c2nc(-c3ccccc3)nc(-c3ccc(N4c5ccccc5C(c5ccccc5)(c5cccc6c5oc5ccccc56)c5ccc(-c6ccc7c(c6)c6ccccc6n7-c6ccccc6)cc54)cc3)n2)cc1. The molecule has 2 aliphatic heterocycles. The minimum absolute atomic E-state index is 0.210. The quantitative estimate of drug-likeness (QED) is 0.105. The normalized spacial score (nSPS) is 13.6. The summed E-state index contributed by atoms with van der Waals surface area (Å²) < 4.78 is 9.40. The number of benzene rings is 18. The van der Waals surface area contributed by atoms with Gasteiger partial charge in [0.1, 0.15) is 11.2 Å². The molecule has 0 N–H and O–H groups in total. The first-order valence-corrected chi connectivity index (χ1v) is 43.5. The first-order chi connectivity index (χ1) is 63.2. The van der Waals surface area contributed by atoms with E-state index in [2.05, 4.69) is 362 Å². The van der Waals surface area contributed by atoms with E-state index in [1.807, 2.05) is 121 Å². The maximum atomic E-state index is 7.02. The molecule has 10 nitrogen and oxygen atoms in total. The van der Waals surface area contributed by atoms with Crippen molar-refractivity contribution >= 4 is 77.9 Å². The van der Waals surface area contributed by atoms with Gasteiger partial charge in [0.25, 0.3) is 0 Å². The number of hydrogen-bond donors (Lipinski definition) is 0. The van der Waals surface area contributed by atoms with Crippen molar-refractivity contribution in [1.82, 2.24) is 34.5 Å². The molecule has 0 saturated carbocycles. The van der Waals surface area contributed by atoms with Crippen LogP contribution in [0.5, 0.6) is 0 Å². The van der Waals surface area contributed by atoms with Crippen molar-refractivity contribution in [1.29, 1.82) is 0 Å². The summed E-state index contributed by atoms with van der Waals surface area (Å²) in [5, 5.41) is 4.60. The third-order valence-electron chi connectivity index (χ3n) is 25.4. The molecule has 18 aromatic carbocycles. The summed E-state index contributed by atoms with van der Waals surface area (Å²) in [6.45, 7) is 4.68. The van der Waals surface area contributed by atoms with E-state index in [-0.39, 0.29) is 5.41 Å². The number of aromatic nitrogens is 7. The van der Waals surface area contributed by atoms with Crippen molar-refractivity contribution in [3.8, 4) is 107 Å². The summed E-state index contributed by atoms with van der Waals surface area (Å²) in [6.07, 6.45) is 0. The summed E-state index contributed by atoms with van der Waals surface area (Å²) >= 11 is 0. The zero-order valence-corrected chi connectivity index (χ0v) is 70.2. The van der Waals surface area contributed by atoms with E-state index in [4.69, 9.17) is 34.3 Å². The van der Waals surface area contributed by atoms with Crippen molar-refractivity contribution in [2.75, 3.05) is 9.80 Å². The second kappa shape index (κ2) is 31.8. The monoisotopic (exact) mass is 1640 g/mol. The average Bonchev–Trinajstić information content (AvgIpc) is 0.976. The molecular formula is C118H81N9O. The van der Waals surface area contributed by atoms with Crippen molar-refractivity contribution in [2.24, 2.45) is 0 Å². The smallest absolute Gasteiger partial charge is 0.164 e. The van der Waals surface area contributed by atoms with E-state index in [0.717, 1.165) is 123 Å². The van der Waals surface area contributed by atoms with Crippen LogP contribution in [-0.2, 0) is 10.8 Å². The number of nitrogens with zero attached hydrogens (tertiary/aromatic N) is 9. The molecule has 6 heterocycles. The Kier molecular flexibility index (Phi) is 18.9. The van der Waals surface area contributed by atoms with Gasteiger partial charge in [0.2, 0.25) is 0 Å². The lowest BCUT2D eigenvalue weighted by molar-refractivity contribution is 0.632. The molecule has 10 heteroatoms. The lowest BCUT2D eigenvalue weighted by Crippen LogP contribution is -2.38. The zero-order valence-electron chi connectivity index (χ0n) is 70.2. The van der Waals surface area contributed by atoms with Crippen LogP contribution in [0.3, 0.4) is 0 Å². The van der Waals surface area contributed by atoms with E-state index < -0.39 is 5.41 Å². The molecule has 604 valence electrons. The predicted molar refractivity (Wildman–Crippen MR) is 524 cm³/mol. The summed E-state index contributed by atoms with van der Waals surface area (Å²) in [5.74, 6) is 3.79. The highest BCUT2D eigenvalue weighted by Gasteiger charge is 2.49. The van der Waals surface area contributed by atoms with Crippen LogP contribution in [-0.4, -0.2) is 34.5 Å². The molecule has 0 radical (unpaired) electrons. The molecule has 0 aliphatic carbocycles. The summed E-state index contributed by atoms with van der Waals surface area (Å²) in [7, 11) is 0. The van der Waals surface area contributed by atoms with E-state index in [9.17, 15) is 0 Å². The highest BCUT2D eigenvalue weighted by molar-refractivity contribution is 6.11. The highest BCUT2D eigenvalue weighted by Crippen LogP contribution is 2.61. The van der Waals surface area contributed by atoms with E-state index >= 15 is 0 Å². The van der Waals surface area contributed by atoms with Crippen LogP contribution in [0.25, 0.3) is 151 Å². The van der Waals surface area contributed by atoms with Crippen molar-refractivity contribution in [3.05, 3.63) is 488 Å². The van der Waals surface area contributed by atoms with Gasteiger partial charge in [0.15, 0.2) is 34.9 Å². The lowest BCUT2D eigenvalue weighted by atomic mass is 9.62. The van der Waals surface area contributed by atoms with Gasteiger partial charge in [-0.25, -0.2) is 29.9 Å². The molecule has 4 aromatic heterocycles. The third-order valence-corrected chi connectivity index (χ3v) is 25.4. The van der Waals surface area contributed by atoms with Gasteiger partial charge in [-0.3, -0.25) is 0 Å². The van der Waals surface area contributed by atoms with Gasteiger partial charge in [-0.1, -0.05) is 360 Å². The van der Waals surface area contributed by atoms with E-state index in [1.54, 1.807) is 0 Å². The average molecular weight is 1640 g/mol. The van der Waals surface area contributed by atoms with Gasteiger partial charge in [0.05, 0.1) is 39.2 Å². The van der Waals surface area contributed by atoms with Crippen molar-refractivity contribution in [2.45, 2.75) is 24.7 Å². The Balaban J connectivity index is 0.000000158. The van der Waals surface area contributed by atoms with Crippen molar-refractivity contribution < 1.29 is 4.42 Å². The summed E-state index contributed by atoms with van der Waals surface area (Å²) in [6, 6.07) is 161. The number of fused-ring (bicyclic) bond motifs is 10. The molecule has 1 unspecified atom stereocenters. The van der Waals surface area contributed by atoms with Crippen molar-refractivity contribution in [3.63, 3.8) is 0 Å². The van der Waals surface area contributed by atoms with Gasteiger partial charge >= 0.3 is 0 Å². The molecule has 0 amide bonds. The molecule has 0 saturated heterocycles. The molecule has 24 rings (SSSR count). The van der Waals surface area contributed by atoms with E-state index in [1.165, 1.54) is 61.0 Å². The van der Waals surface area contributed by atoms with Gasteiger partial charge < -0.3 is 18.8 Å². The Morgan fingerprint density at radius 3 is 1.03 bits per heavy atom. The largest absolute Gasteiger partial charge is 0.456 e. The fourth-order valence-corrected chi connectivity index (χ4v) is 19.3. The van der Waals surface area contributed by atoms with E-state index in [0.29, 0.717) is 34.9 Å². The number of furan rings is 1. The van der Waals surface area contributed by atoms with Gasteiger partial charge in [0, 0.05) is 83.0 Å². The molecule has 0 spiro atoms. The minimum atomic E-state index is -0.810. The van der Waals surface area contributed by atoms with Crippen LogP contribution in [0.2, 0.25) is 0 Å². The topological polar surface area (TPSA) is 102 Å². The number of hydrogen-bond acceptors (Lipinski definition) is 9. The molecule has 1 atom stereocenters. The summed E-state index contributed by atoms with van der Waals surface area (Å²) in [5.41, 5.74) is 30.4. The lowest BCUT2D eigenvalue weighted by Gasteiger charge is -2.46. The van der Waals surface area contributed by atoms with Crippen LogP contribution in [0.15, 0.2) is 459 Å². The number of para-hydroxylation sites is 5. The Bertz CT molecular complexity index is 7720. The molecule has 128 heavy (non-hydrogen) atoms. The van der Waals surface area contributed by atoms with Gasteiger partial charge in [-0.05, 0) is 170 Å². The summed E-state index contributed by atoms with van der Waals surface area (Å²) in [4.78, 5) is 34.9. The highest BCUT2D eigenvalue weighted by atomic mass is 16.3. The fourth-order valence-electron chi connectivity index (χ4n) is 19.3. The Morgan fingerprint density at radius 2 is 0.539 bits per heavy atom. The van der Waals surface area contributed by atoms with Gasteiger partial charge in [-0.15, -0.1) is 0 Å². The minimum Gasteiger partial charge on any atom is -0.456 e. The second-order valence-corrected chi connectivity index (χ2v) is 33.2. The fraction of sp³-hybridized carbons (Fsp3) is 0.0339. The standard InChI is InChI=1S/C70H45N5O.C48H36N4/c1-5-20-46(21-6-1)67-71-68(47-22-7-2-8-23-47)73-69(72-67)48-36-40-53(41-37-48)75-63-34-17-15-31-58(63)70(51-24-9-3-10-25-51,60-32-19-30-56-55-29-14-18-35-65(55)76-66(56)60)59-42-38-50(45-64(59)75)49-39-43-62-57(44-49)54-28-13-16-33-61(54)74(62)52-26-11-4-12-27-52;1-48(2)41-29-25-38(33-15-7-3-8-16-33)31-43(41)52(44-32-39(26-30-42(44)48)34-17-9-4-10-18-34)40-27-23-37(24-28-40)47-50-45(35-19-11-5-12-20-35)49-46(51-47)36-21-13-6-14-22-36/h1-45H;3-32H,1-2H3. The maximum absolute atomic E-state index is 7.02. The van der Waals surface area contributed by atoms with Crippen LogP contribution in [0, 0.1) is 0 Å². The van der Waals surface area contributed by atoms with Crippen LogP contribution < -0.4 is 9.80 Å². The second-order valence-electron chi connectivity index (χ2n) is 33.2. The third kappa shape index (κ3) is 13.3. The van der Waals surface area contributed by atoms with Crippen LogP contribution in [0.4, 0.5) is 34.1 Å². The molecular weight excluding hydrogens is 1560 g/mol. The number of anilines is 6. The van der Waals surface area contributed by atoms with Crippen LogP contribution in [0.1, 0.15) is 47.2 Å². The maximum Gasteiger partial charge on any atom is 0.164 e.